The van der Waals surface area contributed by atoms with Gasteiger partial charge in [0.15, 0.2) is 0 Å². The third-order valence-electron chi connectivity index (χ3n) is 7.20. The second-order valence-corrected chi connectivity index (χ2v) is 12.2. The van der Waals surface area contributed by atoms with Gasteiger partial charge in [0.1, 0.15) is 17.7 Å². The van der Waals surface area contributed by atoms with Crippen molar-refractivity contribution in [2.45, 2.75) is 112 Å². The highest BCUT2D eigenvalue weighted by Crippen LogP contribution is 2.29. The molecule has 0 fully saturated rings. The molecule has 0 saturated carbocycles. The third kappa shape index (κ3) is 10.9. The molecule has 2 unspecified atom stereocenters. The molecule has 41 heavy (non-hydrogen) atoms. The fourth-order valence-electron chi connectivity index (χ4n) is 4.78. The maximum Gasteiger partial charge on any atom is 0.408 e. The van der Waals surface area contributed by atoms with Crippen molar-refractivity contribution in [2.24, 2.45) is 5.92 Å². The van der Waals surface area contributed by atoms with Crippen molar-refractivity contribution in [1.82, 2.24) is 15.5 Å². The van der Waals surface area contributed by atoms with Gasteiger partial charge in [0.2, 0.25) is 11.8 Å². The molecule has 0 radical (unpaired) electrons. The second kappa shape index (κ2) is 16.2. The highest BCUT2D eigenvalue weighted by Gasteiger charge is 2.38. The first-order chi connectivity index (χ1) is 19.4. The van der Waals surface area contributed by atoms with Crippen LogP contribution in [-0.4, -0.2) is 41.0 Å². The van der Waals surface area contributed by atoms with E-state index in [1.807, 2.05) is 76.2 Å². The molecule has 7 heteroatoms. The van der Waals surface area contributed by atoms with Crippen molar-refractivity contribution in [3.63, 3.8) is 0 Å². The van der Waals surface area contributed by atoms with Crippen LogP contribution in [0, 0.1) is 19.8 Å². The summed E-state index contributed by atoms with van der Waals surface area (Å²) in [5.41, 5.74) is 3.08. The Hall–Kier alpha value is -3.35. The summed E-state index contributed by atoms with van der Waals surface area (Å²) in [6, 6.07) is 13.9. The van der Waals surface area contributed by atoms with Gasteiger partial charge < -0.3 is 20.3 Å². The number of unbranched alkanes of at least 4 members (excludes halogenated alkanes) is 4. The summed E-state index contributed by atoms with van der Waals surface area (Å²) in [6.45, 7) is 16.1. The van der Waals surface area contributed by atoms with Gasteiger partial charge in [0.05, 0.1) is 0 Å². The van der Waals surface area contributed by atoms with Gasteiger partial charge in [0.25, 0.3) is 0 Å². The molecule has 2 N–H and O–H groups in total. The Bertz CT molecular complexity index is 1120. The number of amides is 3. The zero-order valence-electron chi connectivity index (χ0n) is 26.4. The van der Waals surface area contributed by atoms with Crippen LogP contribution in [0.5, 0.6) is 0 Å². The van der Waals surface area contributed by atoms with Gasteiger partial charge in [-0.05, 0) is 69.2 Å². The van der Waals surface area contributed by atoms with Crippen LogP contribution in [0.4, 0.5) is 4.79 Å². The van der Waals surface area contributed by atoms with E-state index >= 15 is 0 Å². The number of nitrogens with one attached hydrogen (secondary N) is 2. The summed E-state index contributed by atoms with van der Waals surface area (Å²) in [5.74, 6) is -0.754. The standard InChI is InChI=1S/C34H51N3O4/c1-9-10-11-12-16-22-37(32(39)29(24(2)3)36-33(40)41-34(6,7)8)30(28-21-17-18-25(4)26(28)5)31(38)35-23-27-19-14-13-15-20-27/h13-15,17-21,24,29-30H,9-12,16,22-23H2,1-8H3,(H,35,38)(H,36,40). The van der Waals surface area contributed by atoms with E-state index in [0.717, 1.165) is 54.4 Å². The summed E-state index contributed by atoms with van der Waals surface area (Å²) in [5, 5.41) is 5.89. The number of ether oxygens (including phenoxy) is 1. The van der Waals surface area contributed by atoms with Crippen LogP contribution in [0.15, 0.2) is 48.5 Å². The number of hydrogen-bond donors (Lipinski definition) is 2. The Morgan fingerprint density at radius 3 is 2.17 bits per heavy atom. The van der Waals surface area contributed by atoms with Crippen LogP contribution in [0.25, 0.3) is 0 Å². The minimum absolute atomic E-state index is 0.218. The predicted octanol–water partition coefficient (Wildman–Crippen LogP) is 7.01. The highest BCUT2D eigenvalue weighted by atomic mass is 16.6. The number of hydrogen-bond acceptors (Lipinski definition) is 4. The molecule has 0 aliphatic rings. The number of rotatable bonds is 14. The van der Waals surface area contributed by atoms with Gasteiger partial charge in [-0.25, -0.2) is 4.79 Å². The molecule has 0 aliphatic carbocycles. The molecule has 2 aromatic rings. The van der Waals surface area contributed by atoms with E-state index in [1.54, 1.807) is 25.7 Å². The van der Waals surface area contributed by atoms with Gasteiger partial charge >= 0.3 is 6.09 Å². The average Bonchev–Trinajstić information content (AvgIpc) is 2.91. The maximum atomic E-state index is 14.4. The molecule has 0 aliphatic heterocycles. The van der Waals surface area contributed by atoms with E-state index in [0.29, 0.717) is 13.1 Å². The van der Waals surface area contributed by atoms with E-state index < -0.39 is 23.8 Å². The topological polar surface area (TPSA) is 87.7 Å². The SMILES string of the molecule is CCCCCCCN(C(=O)C(NC(=O)OC(C)(C)C)C(C)C)C(C(=O)NCc1ccccc1)c1cccc(C)c1C. The van der Waals surface area contributed by atoms with E-state index in [9.17, 15) is 14.4 Å². The van der Waals surface area contributed by atoms with Crippen molar-refractivity contribution in [3.8, 4) is 0 Å². The van der Waals surface area contributed by atoms with Crippen LogP contribution in [-0.2, 0) is 20.9 Å². The van der Waals surface area contributed by atoms with Crippen LogP contribution in [0.1, 0.15) is 102 Å². The summed E-state index contributed by atoms with van der Waals surface area (Å²) >= 11 is 0. The largest absolute Gasteiger partial charge is 0.444 e. The lowest BCUT2D eigenvalue weighted by Crippen LogP contribution is -2.55. The van der Waals surface area contributed by atoms with Crippen LogP contribution in [0.3, 0.4) is 0 Å². The number of benzene rings is 2. The van der Waals surface area contributed by atoms with Gasteiger partial charge in [-0.1, -0.05) is 95.0 Å². The number of nitrogens with zero attached hydrogens (tertiary/aromatic N) is 1. The van der Waals surface area contributed by atoms with Gasteiger partial charge in [-0.3, -0.25) is 9.59 Å². The van der Waals surface area contributed by atoms with Crippen LogP contribution < -0.4 is 10.6 Å². The third-order valence-corrected chi connectivity index (χ3v) is 7.20. The Morgan fingerprint density at radius 1 is 0.902 bits per heavy atom. The van der Waals surface area contributed by atoms with E-state index in [4.69, 9.17) is 4.74 Å². The molecular weight excluding hydrogens is 514 g/mol. The van der Waals surface area contributed by atoms with Crippen LogP contribution in [0.2, 0.25) is 0 Å². The quantitative estimate of drug-likeness (QED) is 0.241. The molecule has 0 aromatic heterocycles. The Morgan fingerprint density at radius 2 is 1.56 bits per heavy atom. The van der Waals surface area contributed by atoms with E-state index in [2.05, 4.69) is 17.6 Å². The van der Waals surface area contributed by atoms with Crippen molar-refractivity contribution < 1.29 is 19.1 Å². The Labute approximate surface area is 247 Å². The number of aryl methyl sites for hydroxylation is 1. The van der Waals surface area contributed by atoms with Gasteiger partial charge in [-0.2, -0.15) is 0 Å². The molecule has 7 nitrogen and oxygen atoms in total. The van der Waals surface area contributed by atoms with Crippen LogP contribution >= 0.6 is 0 Å². The number of carbonyl (C=O) groups is 3. The molecule has 2 rings (SSSR count). The van der Waals surface area contributed by atoms with Gasteiger partial charge in [0, 0.05) is 13.1 Å². The number of carbonyl (C=O) groups excluding carboxylic acids is 3. The normalized spacial score (nSPS) is 12.9. The first kappa shape index (κ1) is 33.9. The molecule has 2 atom stereocenters. The molecule has 3 amide bonds. The molecule has 0 heterocycles. The average molecular weight is 566 g/mol. The summed E-state index contributed by atoms with van der Waals surface area (Å²) in [6.07, 6.45) is 4.37. The van der Waals surface area contributed by atoms with E-state index in [1.165, 1.54) is 0 Å². The fourth-order valence-corrected chi connectivity index (χ4v) is 4.78. The first-order valence-electron chi connectivity index (χ1n) is 15.0. The maximum absolute atomic E-state index is 14.4. The lowest BCUT2D eigenvalue weighted by molar-refractivity contribution is -0.143. The smallest absolute Gasteiger partial charge is 0.408 e. The lowest BCUT2D eigenvalue weighted by atomic mass is 9.93. The second-order valence-electron chi connectivity index (χ2n) is 12.2. The Kier molecular flexibility index (Phi) is 13.4. The number of alkyl carbamates (subject to hydrolysis) is 1. The van der Waals surface area contributed by atoms with E-state index in [-0.39, 0.29) is 17.7 Å². The van der Waals surface area contributed by atoms with Crippen molar-refractivity contribution >= 4 is 17.9 Å². The molecule has 0 spiro atoms. The zero-order valence-corrected chi connectivity index (χ0v) is 26.4. The molecule has 0 bridgehead atoms. The molecule has 226 valence electrons. The van der Waals surface area contributed by atoms with Crippen molar-refractivity contribution in [3.05, 3.63) is 70.8 Å². The predicted molar refractivity (Wildman–Crippen MR) is 165 cm³/mol. The molecular formula is C34H51N3O4. The molecule has 2 aromatic carbocycles. The highest BCUT2D eigenvalue weighted by molar-refractivity contribution is 5.92. The fraction of sp³-hybridized carbons (Fsp3) is 0.559. The summed E-state index contributed by atoms with van der Waals surface area (Å²) in [4.78, 5) is 42.9. The monoisotopic (exact) mass is 565 g/mol. The summed E-state index contributed by atoms with van der Waals surface area (Å²) < 4.78 is 5.49. The molecule has 0 saturated heterocycles. The van der Waals surface area contributed by atoms with Crippen molar-refractivity contribution in [1.29, 1.82) is 0 Å². The summed E-state index contributed by atoms with van der Waals surface area (Å²) in [7, 11) is 0. The first-order valence-corrected chi connectivity index (χ1v) is 15.0. The van der Waals surface area contributed by atoms with Crippen molar-refractivity contribution in [2.75, 3.05) is 6.54 Å². The zero-order chi connectivity index (χ0) is 30.6. The Balaban J connectivity index is 2.51. The minimum atomic E-state index is -0.852. The van der Waals surface area contributed by atoms with Gasteiger partial charge in [-0.15, -0.1) is 0 Å². The lowest BCUT2D eigenvalue weighted by Gasteiger charge is -2.36. The minimum Gasteiger partial charge on any atom is -0.444 e.